The zero-order valence-electron chi connectivity index (χ0n) is 14.6. The first-order chi connectivity index (χ1) is 12.3. The minimum Gasteiger partial charge on any atom is -0.380 e. The van der Waals surface area contributed by atoms with Crippen LogP contribution in [0.1, 0.15) is 17.1 Å². The van der Waals surface area contributed by atoms with Gasteiger partial charge in [-0.25, -0.2) is 0 Å². The van der Waals surface area contributed by atoms with Crippen molar-refractivity contribution in [2.45, 2.75) is 19.9 Å². The highest BCUT2D eigenvalue weighted by atomic mass is 16.5. The molecule has 3 aromatic heterocycles. The summed E-state index contributed by atoms with van der Waals surface area (Å²) in [7, 11) is 0. The van der Waals surface area contributed by atoms with Crippen LogP contribution in [0.4, 0.5) is 0 Å². The van der Waals surface area contributed by atoms with Crippen molar-refractivity contribution in [2.24, 2.45) is 5.92 Å². The van der Waals surface area contributed by atoms with E-state index in [1.165, 1.54) is 5.52 Å². The lowest BCUT2D eigenvalue weighted by Crippen LogP contribution is -2.31. The third kappa shape index (κ3) is 3.89. The first kappa shape index (κ1) is 16.2. The molecule has 0 aromatic carbocycles. The number of nitrogens with zero attached hydrogens (tertiary/aromatic N) is 4. The van der Waals surface area contributed by atoms with Crippen LogP contribution in [0.5, 0.6) is 0 Å². The number of rotatable bonds is 4. The zero-order valence-corrected chi connectivity index (χ0v) is 14.6. The van der Waals surface area contributed by atoms with Gasteiger partial charge < -0.3 is 9.14 Å². The van der Waals surface area contributed by atoms with E-state index < -0.39 is 0 Å². The third-order valence-corrected chi connectivity index (χ3v) is 4.77. The minimum absolute atomic E-state index is 0.445. The van der Waals surface area contributed by atoms with Gasteiger partial charge in [0.25, 0.3) is 0 Å². The van der Waals surface area contributed by atoms with E-state index in [2.05, 4.69) is 49.7 Å². The predicted octanol–water partition coefficient (Wildman–Crippen LogP) is 2.73. The molecule has 0 N–H and O–H groups in total. The maximum atomic E-state index is 5.87. The van der Waals surface area contributed by atoms with Crippen molar-refractivity contribution in [2.75, 3.05) is 26.3 Å². The Morgan fingerprint density at radius 2 is 2.16 bits per heavy atom. The van der Waals surface area contributed by atoms with Gasteiger partial charge in [-0.3, -0.25) is 14.9 Å². The molecule has 3 aromatic rings. The van der Waals surface area contributed by atoms with E-state index in [0.717, 1.165) is 56.4 Å². The summed E-state index contributed by atoms with van der Waals surface area (Å²) in [5.41, 5.74) is 4.55. The fourth-order valence-electron chi connectivity index (χ4n) is 3.60. The van der Waals surface area contributed by atoms with Crippen molar-refractivity contribution in [1.82, 2.24) is 19.3 Å². The molecule has 5 heteroatoms. The summed E-state index contributed by atoms with van der Waals surface area (Å²) in [5.74, 6) is 0.445. The van der Waals surface area contributed by atoms with Crippen LogP contribution in [0.2, 0.25) is 0 Å². The van der Waals surface area contributed by atoms with E-state index in [-0.39, 0.29) is 0 Å². The first-order valence-electron chi connectivity index (χ1n) is 8.91. The molecule has 1 saturated heterocycles. The molecule has 1 aliphatic heterocycles. The second kappa shape index (κ2) is 7.33. The van der Waals surface area contributed by atoms with E-state index in [1.54, 1.807) is 0 Å². The number of aryl methyl sites for hydroxylation is 1. The number of aromatic nitrogens is 3. The number of ether oxygens (including phenoxy) is 1. The Hall–Kier alpha value is -2.24. The number of hydrogen-bond donors (Lipinski definition) is 0. The third-order valence-electron chi connectivity index (χ3n) is 4.77. The standard InChI is InChI=1S/C20H24N4O/c1-16-4-2-5-18(22-16)14-23-10-11-25-15-17(13-23)12-19-20-6-3-8-24(20)9-7-21-19/h2-9,17H,10-15H2,1H3/t17-/m0/s1. The summed E-state index contributed by atoms with van der Waals surface area (Å²) in [6.07, 6.45) is 6.89. The highest BCUT2D eigenvalue weighted by Gasteiger charge is 2.21. The molecule has 0 aliphatic carbocycles. The van der Waals surface area contributed by atoms with Crippen LogP contribution in [-0.2, 0) is 17.7 Å². The zero-order chi connectivity index (χ0) is 17.1. The van der Waals surface area contributed by atoms with Gasteiger partial charge in [-0.15, -0.1) is 0 Å². The van der Waals surface area contributed by atoms with E-state index in [4.69, 9.17) is 4.74 Å². The molecule has 1 atom stereocenters. The van der Waals surface area contributed by atoms with Crippen LogP contribution in [0.3, 0.4) is 0 Å². The molecule has 1 aliphatic rings. The van der Waals surface area contributed by atoms with E-state index in [1.807, 2.05) is 25.4 Å². The molecule has 130 valence electrons. The molecule has 0 amide bonds. The summed E-state index contributed by atoms with van der Waals surface area (Å²) in [6.45, 7) is 6.46. The van der Waals surface area contributed by atoms with Gasteiger partial charge in [-0.2, -0.15) is 0 Å². The van der Waals surface area contributed by atoms with E-state index in [9.17, 15) is 0 Å². The molecule has 0 spiro atoms. The summed E-state index contributed by atoms with van der Waals surface area (Å²) in [4.78, 5) is 11.7. The van der Waals surface area contributed by atoms with Gasteiger partial charge in [0.1, 0.15) is 0 Å². The number of pyridine rings is 1. The summed E-state index contributed by atoms with van der Waals surface area (Å²) >= 11 is 0. The van der Waals surface area contributed by atoms with Crippen molar-refractivity contribution >= 4 is 5.52 Å². The van der Waals surface area contributed by atoms with Crippen molar-refractivity contribution in [3.63, 3.8) is 0 Å². The predicted molar refractivity (Wildman–Crippen MR) is 97.5 cm³/mol. The van der Waals surface area contributed by atoms with Crippen LogP contribution < -0.4 is 0 Å². The van der Waals surface area contributed by atoms with Crippen LogP contribution in [0.25, 0.3) is 5.52 Å². The summed E-state index contributed by atoms with van der Waals surface area (Å²) in [6, 6.07) is 10.4. The second-order valence-electron chi connectivity index (χ2n) is 6.83. The van der Waals surface area contributed by atoms with Gasteiger partial charge in [0, 0.05) is 49.8 Å². The number of hydrogen-bond acceptors (Lipinski definition) is 4. The van der Waals surface area contributed by atoms with Crippen molar-refractivity contribution in [3.05, 3.63) is 66.0 Å². The molecule has 25 heavy (non-hydrogen) atoms. The smallest absolute Gasteiger partial charge is 0.0666 e. The average molecular weight is 336 g/mol. The van der Waals surface area contributed by atoms with Crippen LogP contribution in [0, 0.1) is 12.8 Å². The molecule has 0 radical (unpaired) electrons. The van der Waals surface area contributed by atoms with Crippen LogP contribution in [0.15, 0.2) is 48.9 Å². The molecule has 0 unspecified atom stereocenters. The summed E-state index contributed by atoms with van der Waals surface area (Å²) < 4.78 is 8.00. The van der Waals surface area contributed by atoms with Gasteiger partial charge in [0.05, 0.1) is 30.1 Å². The largest absolute Gasteiger partial charge is 0.380 e. The fourth-order valence-corrected chi connectivity index (χ4v) is 3.60. The van der Waals surface area contributed by atoms with Gasteiger partial charge in [-0.05, 0) is 37.6 Å². The Morgan fingerprint density at radius 3 is 3.08 bits per heavy atom. The van der Waals surface area contributed by atoms with Gasteiger partial charge in [0.15, 0.2) is 0 Å². The van der Waals surface area contributed by atoms with Crippen LogP contribution >= 0.6 is 0 Å². The van der Waals surface area contributed by atoms with Gasteiger partial charge >= 0.3 is 0 Å². The monoisotopic (exact) mass is 336 g/mol. The quantitative estimate of drug-likeness (QED) is 0.735. The molecule has 0 saturated carbocycles. The molecule has 4 rings (SSSR count). The minimum atomic E-state index is 0.445. The molecule has 5 nitrogen and oxygen atoms in total. The lowest BCUT2D eigenvalue weighted by Gasteiger charge is -2.23. The first-order valence-corrected chi connectivity index (χ1v) is 8.91. The Morgan fingerprint density at radius 1 is 1.20 bits per heavy atom. The average Bonchev–Trinajstić information content (AvgIpc) is 2.98. The molecule has 4 heterocycles. The highest BCUT2D eigenvalue weighted by Crippen LogP contribution is 2.18. The second-order valence-corrected chi connectivity index (χ2v) is 6.83. The summed E-state index contributed by atoms with van der Waals surface area (Å²) in [5, 5.41) is 0. The Balaban J connectivity index is 1.47. The molecule has 1 fully saturated rings. The maximum Gasteiger partial charge on any atom is 0.0666 e. The fraction of sp³-hybridized carbons (Fsp3) is 0.400. The lowest BCUT2D eigenvalue weighted by atomic mass is 10.0. The molecular formula is C20H24N4O. The van der Waals surface area contributed by atoms with E-state index >= 15 is 0 Å². The van der Waals surface area contributed by atoms with Gasteiger partial charge in [-0.1, -0.05) is 6.07 Å². The Kier molecular flexibility index (Phi) is 4.76. The lowest BCUT2D eigenvalue weighted by molar-refractivity contribution is 0.121. The normalized spacial score (nSPS) is 19.2. The maximum absolute atomic E-state index is 5.87. The Bertz CT molecular complexity index is 844. The SMILES string of the molecule is Cc1cccc(CN2CCOC[C@@H](Cc3nccn4cccc34)C2)n1. The highest BCUT2D eigenvalue weighted by molar-refractivity contribution is 5.52. The molecular weight excluding hydrogens is 312 g/mol. The van der Waals surface area contributed by atoms with Crippen molar-refractivity contribution in [3.8, 4) is 0 Å². The molecule has 0 bridgehead atoms. The topological polar surface area (TPSA) is 42.7 Å². The van der Waals surface area contributed by atoms with Crippen molar-refractivity contribution < 1.29 is 4.74 Å². The van der Waals surface area contributed by atoms with E-state index in [0.29, 0.717) is 5.92 Å². The Labute approximate surface area is 148 Å². The number of fused-ring (bicyclic) bond motifs is 1. The van der Waals surface area contributed by atoms with Gasteiger partial charge in [0.2, 0.25) is 0 Å². The van der Waals surface area contributed by atoms with Crippen molar-refractivity contribution in [1.29, 1.82) is 0 Å². The van der Waals surface area contributed by atoms with Crippen LogP contribution in [-0.4, -0.2) is 45.6 Å².